The molecule has 0 aromatic heterocycles. The monoisotopic (exact) mass is 375 g/mol. The molecule has 2 amide bonds. The zero-order chi connectivity index (χ0) is 18.2. The molecule has 5 nitrogen and oxygen atoms in total. The minimum atomic E-state index is -0.393. The first-order valence-corrected chi connectivity index (χ1v) is 8.55. The molecule has 0 heterocycles. The number of anilines is 2. The van der Waals surface area contributed by atoms with Gasteiger partial charge in [-0.15, -0.1) is 0 Å². The predicted octanol–water partition coefficient (Wildman–Crippen LogP) is 4.21. The maximum absolute atomic E-state index is 12.2. The van der Waals surface area contributed by atoms with Crippen molar-refractivity contribution in [2.45, 2.75) is 19.8 Å². The molecule has 2 rings (SSSR count). The summed E-state index contributed by atoms with van der Waals surface area (Å²) in [6.07, 6.45) is 1.24. The van der Waals surface area contributed by atoms with Gasteiger partial charge < -0.3 is 10.6 Å². The average molecular weight is 376 g/mol. The molecule has 0 radical (unpaired) electrons. The molecule has 2 aromatic carbocycles. The summed E-state index contributed by atoms with van der Waals surface area (Å²) in [5.41, 5.74) is 1.65. The molecule has 130 valence electrons. The van der Waals surface area contributed by atoms with Crippen LogP contribution < -0.4 is 16.0 Å². The van der Waals surface area contributed by atoms with Gasteiger partial charge in [0.15, 0.2) is 5.11 Å². The zero-order valence-electron chi connectivity index (χ0n) is 13.6. The van der Waals surface area contributed by atoms with Crippen LogP contribution in [-0.2, 0) is 4.79 Å². The quantitative estimate of drug-likeness (QED) is 0.685. The molecule has 0 aliphatic rings. The van der Waals surface area contributed by atoms with Crippen molar-refractivity contribution in [2.75, 3.05) is 10.6 Å². The third kappa shape index (κ3) is 5.85. The van der Waals surface area contributed by atoms with Gasteiger partial charge in [-0.3, -0.25) is 14.9 Å². The molecule has 0 fully saturated rings. The van der Waals surface area contributed by atoms with Crippen LogP contribution in [0.25, 0.3) is 0 Å². The number of hydrogen-bond donors (Lipinski definition) is 3. The molecule has 0 aliphatic heterocycles. The first kappa shape index (κ1) is 18.9. The summed E-state index contributed by atoms with van der Waals surface area (Å²) in [6.45, 7) is 1.94. The van der Waals surface area contributed by atoms with Gasteiger partial charge in [-0.25, -0.2) is 0 Å². The molecule has 0 saturated carbocycles. The SMILES string of the molecule is CCCC(=O)Nc1cccc(NC(=S)NC(=O)c2ccccc2Cl)c1. The molecule has 0 unspecified atom stereocenters. The maximum atomic E-state index is 12.2. The van der Waals surface area contributed by atoms with E-state index in [2.05, 4.69) is 16.0 Å². The van der Waals surface area contributed by atoms with Gasteiger partial charge in [0.1, 0.15) is 0 Å². The van der Waals surface area contributed by atoms with E-state index in [4.69, 9.17) is 23.8 Å². The number of thiocarbonyl (C=S) groups is 1. The minimum absolute atomic E-state index is 0.0470. The second-order valence-corrected chi connectivity index (χ2v) is 6.08. The molecule has 0 spiro atoms. The van der Waals surface area contributed by atoms with Crippen molar-refractivity contribution in [1.29, 1.82) is 0 Å². The van der Waals surface area contributed by atoms with E-state index < -0.39 is 5.91 Å². The fraction of sp³-hybridized carbons (Fsp3) is 0.167. The molecular weight excluding hydrogens is 358 g/mol. The number of nitrogens with one attached hydrogen (secondary N) is 3. The van der Waals surface area contributed by atoms with Crippen LogP contribution >= 0.6 is 23.8 Å². The largest absolute Gasteiger partial charge is 0.332 e. The number of rotatable bonds is 5. The van der Waals surface area contributed by atoms with E-state index >= 15 is 0 Å². The van der Waals surface area contributed by atoms with Gasteiger partial charge in [0.25, 0.3) is 5.91 Å². The Morgan fingerprint density at radius 2 is 1.72 bits per heavy atom. The highest BCUT2D eigenvalue weighted by atomic mass is 35.5. The summed E-state index contributed by atoms with van der Waals surface area (Å²) in [4.78, 5) is 23.8. The Morgan fingerprint density at radius 3 is 2.40 bits per heavy atom. The Hall–Kier alpha value is -2.44. The van der Waals surface area contributed by atoms with Gasteiger partial charge in [-0.2, -0.15) is 0 Å². The second-order valence-electron chi connectivity index (χ2n) is 5.27. The van der Waals surface area contributed by atoms with Crippen LogP contribution in [0.1, 0.15) is 30.1 Å². The van der Waals surface area contributed by atoms with Crippen molar-refractivity contribution in [3.05, 3.63) is 59.1 Å². The van der Waals surface area contributed by atoms with Crippen molar-refractivity contribution >= 4 is 52.1 Å². The lowest BCUT2D eigenvalue weighted by atomic mass is 10.2. The Labute approximate surface area is 156 Å². The Morgan fingerprint density at radius 1 is 1.04 bits per heavy atom. The van der Waals surface area contributed by atoms with Crippen LogP contribution in [0.5, 0.6) is 0 Å². The van der Waals surface area contributed by atoms with E-state index in [1.165, 1.54) is 0 Å². The zero-order valence-corrected chi connectivity index (χ0v) is 15.2. The number of halogens is 1. The van der Waals surface area contributed by atoms with Gasteiger partial charge in [-0.05, 0) is 49.0 Å². The third-order valence-corrected chi connectivity index (χ3v) is 3.76. The van der Waals surface area contributed by atoms with Crippen LogP contribution in [0.15, 0.2) is 48.5 Å². The van der Waals surface area contributed by atoms with Crippen molar-refractivity contribution < 1.29 is 9.59 Å². The molecule has 0 saturated heterocycles. The molecule has 3 N–H and O–H groups in total. The van der Waals surface area contributed by atoms with Crippen LogP contribution in [0.3, 0.4) is 0 Å². The van der Waals surface area contributed by atoms with E-state index in [0.29, 0.717) is 28.4 Å². The standard InChI is InChI=1S/C18H18ClN3O2S/c1-2-6-16(23)20-12-7-5-8-13(11-12)21-18(25)22-17(24)14-9-3-4-10-15(14)19/h3-5,7-11H,2,6H2,1H3,(H,20,23)(H2,21,22,24,25). The maximum Gasteiger partial charge on any atom is 0.258 e. The average Bonchev–Trinajstić information content (AvgIpc) is 2.55. The van der Waals surface area contributed by atoms with Crippen molar-refractivity contribution in [2.24, 2.45) is 0 Å². The highest BCUT2D eigenvalue weighted by Gasteiger charge is 2.11. The van der Waals surface area contributed by atoms with E-state index in [-0.39, 0.29) is 11.0 Å². The van der Waals surface area contributed by atoms with Crippen LogP contribution in [0.4, 0.5) is 11.4 Å². The van der Waals surface area contributed by atoms with Crippen molar-refractivity contribution in [3.8, 4) is 0 Å². The summed E-state index contributed by atoms with van der Waals surface area (Å²) in [5.74, 6) is -0.440. The molecule has 0 bridgehead atoms. The Kier molecular flexibility index (Phi) is 6.91. The molecule has 2 aromatic rings. The number of carbonyl (C=O) groups excluding carboxylic acids is 2. The fourth-order valence-corrected chi connectivity index (χ4v) is 2.54. The van der Waals surface area contributed by atoms with Gasteiger partial charge in [0.05, 0.1) is 10.6 Å². The third-order valence-electron chi connectivity index (χ3n) is 3.23. The normalized spacial score (nSPS) is 10.0. The van der Waals surface area contributed by atoms with E-state index in [1.54, 1.807) is 48.5 Å². The van der Waals surface area contributed by atoms with Crippen LogP contribution in [0.2, 0.25) is 5.02 Å². The van der Waals surface area contributed by atoms with Crippen LogP contribution in [0, 0.1) is 0 Å². The number of hydrogen-bond acceptors (Lipinski definition) is 3. The smallest absolute Gasteiger partial charge is 0.258 e. The Balaban J connectivity index is 1.97. The fourth-order valence-electron chi connectivity index (χ4n) is 2.10. The highest BCUT2D eigenvalue weighted by molar-refractivity contribution is 7.80. The summed E-state index contributed by atoms with van der Waals surface area (Å²) in [7, 11) is 0. The molecule has 7 heteroatoms. The molecule has 0 aliphatic carbocycles. The van der Waals surface area contributed by atoms with Crippen molar-refractivity contribution in [3.63, 3.8) is 0 Å². The second kappa shape index (κ2) is 9.15. The molecular formula is C18H18ClN3O2S. The lowest BCUT2D eigenvalue weighted by Crippen LogP contribution is -2.34. The Bertz CT molecular complexity index is 795. The highest BCUT2D eigenvalue weighted by Crippen LogP contribution is 2.16. The van der Waals surface area contributed by atoms with Gasteiger partial charge >= 0.3 is 0 Å². The first-order valence-electron chi connectivity index (χ1n) is 7.76. The number of benzene rings is 2. The lowest BCUT2D eigenvalue weighted by Gasteiger charge is -2.12. The predicted molar refractivity (Wildman–Crippen MR) is 105 cm³/mol. The van der Waals surface area contributed by atoms with Crippen molar-refractivity contribution in [1.82, 2.24) is 5.32 Å². The van der Waals surface area contributed by atoms with Gasteiger partial charge in [0.2, 0.25) is 5.91 Å². The lowest BCUT2D eigenvalue weighted by molar-refractivity contribution is -0.116. The minimum Gasteiger partial charge on any atom is -0.332 e. The number of carbonyl (C=O) groups is 2. The summed E-state index contributed by atoms with van der Waals surface area (Å²) in [5, 5.41) is 8.78. The topological polar surface area (TPSA) is 70.2 Å². The summed E-state index contributed by atoms with van der Waals surface area (Å²) < 4.78 is 0. The van der Waals surface area contributed by atoms with Gasteiger partial charge in [0, 0.05) is 17.8 Å². The van der Waals surface area contributed by atoms with E-state index in [0.717, 1.165) is 6.42 Å². The van der Waals surface area contributed by atoms with E-state index in [1.807, 2.05) is 6.92 Å². The number of amides is 2. The van der Waals surface area contributed by atoms with Gasteiger partial charge in [-0.1, -0.05) is 36.7 Å². The summed E-state index contributed by atoms with van der Waals surface area (Å²) in [6, 6.07) is 13.8. The first-order chi connectivity index (χ1) is 12.0. The molecule has 25 heavy (non-hydrogen) atoms. The van der Waals surface area contributed by atoms with E-state index in [9.17, 15) is 9.59 Å². The summed E-state index contributed by atoms with van der Waals surface area (Å²) >= 11 is 11.1. The molecule has 0 atom stereocenters. The van der Waals surface area contributed by atoms with Crippen LogP contribution in [-0.4, -0.2) is 16.9 Å².